The van der Waals surface area contributed by atoms with Crippen molar-refractivity contribution in [1.29, 1.82) is 0 Å². The highest BCUT2D eigenvalue weighted by molar-refractivity contribution is 5.46. The summed E-state index contributed by atoms with van der Waals surface area (Å²) in [6, 6.07) is 2.34. The van der Waals surface area contributed by atoms with Gasteiger partial charge in [-0.05, 0) is 20.2 Å². The van der Waals surface area contributed by atoms with Gasteiger partial charge in [0.15, 0.2) is 0 Å². The molecule has 9 heteroatoms. The summed E-state index contributed by atoms with van der Waals surface area (Å²) in [5, 5.41) is 8.39. The molecule has 0 spiro atoms. The van der Waals surface area contributed by atoms with Gasteiger partial charge in [0, 0.05) is 46.4 Å². The van der Waals surface area contributed by atoms with Crippen LogP contribution < -0.4 is 9.80 Å². The fourth-order valence-electron chi connectivity index (χ4n) is 3.86. The molecule has 2 aliphatic heterocycles. The Morgan fingerprint density at radius 3 is 2.81 bits per heavy atom. The van der Waals surface area contributed by atoms with E-state index in [9.17, 15) is 0 Å². The smallest absolute Gasteiger partial charge is 0.227 e. The third kappa shape index (κ3) is 3.01. The minimum Gasteiger partial charge on any atom is -0.378 e. The van der Waals surface area contributed by atoms with E-state index in [-0.39, 0.29) is 6.10 Å². The highest BCUT2D eigenvalue weighted by atomic mass is 16.5. The normalized spacial score (nSPS) is 23.0. The van der Waals surface area contributed by atoms with Crippen LogP contribution in [0.3, 0.4) is 0 Å². The van der Waals surface area contributed by atoms with E-state index in [1.807, 2.05) is 24.0 Å². The first kappa shape index (κ1) is 17.2. The molecule has 2 aliphatic rings. The van der Waals surface area contributed by atoms with Crippen LogP contribution in [0.25, 0.3) is 0 Å². The van der Waals surface area contributed by atoms with Crippen LogP contribution in [0.4, 0.5) is 11.8 Å². The Hall–Kier alpha value is -2.26. The molecule has 4 rings (SSSR count). The van der Waals surface area contributed by atoms with E-state index in [1.165, 1.54) is 5.69 Å². The van der Waals surface area contributed by atoms with Gasteiger partial charge in [-0.3, -0.25) is 4.68 Å². The molecule has 0 aliphatic carbocycles. The first-order valence-corrected chi connectivity index (χ1v) is 8.96. The van der Waals surface area contributed by atoms with Crippen molar-refractivity contribution in [3.8, 4) is 0 Å². The summed E-state index contributed by atoms with van der Waals surface area (Å²) >= 11 is 0. The number of hydrogen-bond acceptors (Lipinski definition) is 8. The number of fused-ring (bicyclic) bond motifs is 1. The van der Waals surface area contributed by atoms with Crippen LogP contribution in [-0.2, 0) is 24.8 Å². The number of rotatable bonds is 4. The van der Waals surface area contributed by atoms with E-state index in [0.717, 1.165) is 43.5 Å². The zero-order chi connectivity index (χ0) is 18.3. The second-order valence-electron chi connectivity index (χ2n) is 7.20. The zero-order valence-corrected chi connectivity index (χ0v) is 15.8. The number of likely N-dealkylation sites (N-methyl/N-ethyl adjacent to an activating group) is 1. The molecule has 26 heavy (non-hydrogen) atoms. The van der Waals surface area contributed by atoms with Gasteiger partial charge >= 0.3 is 0 Å². The Labute approximate surface area is 153 Å². The Kier molecular flexibility index (Phi) is 4.49. The molecule has 0 bridgehead atoms. The Morgan fingerprint density at radius 1 is 1.23 bits per heavy atom. The third-order valence-corrected chi connectivity index (χ3v) is 5.42. The van der Waals surface area contributed by atoms with Crippen molar-refractivity contribution in [2.45, 2.75) is 25.1 Å². The fraction of sp³-hybridized carbons (Fsp3) is 0.647. The first-order valence-electron chi connectivity index (χ1n) is 8.96. The molecule has 0 N–H and O–H groups in total. The van der Waals surface area contributed by atoms with Crippen LogP contribution in [0.2, 0.25) is 0 Å². The van der Waals surface area contributed by atoms with Crippen molar-refractivity contribution in [3.63, 3.8) is 0 Å². The number of ether oxygens (including phenoxy) is 1. The van der Waals surface area contributed by atoms with Gasteiger partial charge in [0.1, 0.15) is 11.5 Å². The predicted molar refractivity (Wildman–Crippen MR) is 98.3 cm³/mol. The van der Waals surface area contributed by atoms with Crippen molar-refractivity contribution in [2.75, 3.05) is 50.6 Å². The van der Waals surface area contributed by atoms with Gasteiger partial charge in [-0.25, -0.2) is 4.98 Å². The number of methoxy groups -OCH3 is 1. The zero-order valence-electron chi connectivity index (χ0n) is 15.8. The number of hydrogen-bond donors (Lipinski definition) is 0. The lowest BCUT2D eigenvalue weighted by atomic mass is 10.1. The average Bonchev–Trinajstić information content (AvgIpc) is 3.26. The van der Waals surface area contributed by atoms with E-state index in [1.54, 1.807) is 7.11 Å². The number of aryl methyl sites for hydroxylation is 1. The molecule has 0 radical (unpaired) electrons. The van der Waals surface area contributed by atoms with Crippen LogP contribution in [0.1, 0.15) is 11.4 Å². The maximum atomic E-state index is 5.67. The van der Waals surface area contributed by atoms with Crippen LogP contribution in [0.15, 0.2) is 12.3 Å². The maximum absolute atomic E-state index is 5.67. The van der Waals surface area contributed by atoms with Gasteiger partial charge in [-0.2, -0.15) is 4.98 Å². The van der Waals surface area contributed by atoms with Crippen LogP contribution in [-0.4, -0.2) is 82.8 Å². The molecule has 2 aromatic rings. The van der Waals surface area contributed by atoms with Gasteiger partial charge < -0.3 is 19.4 Å². The van der Waals surface area contributed by atoms with Crippen molar-refractivity contribution in [3.05, 3.63) is 23.7 Å². The summed E-state index contributed by atoms with van der Waals surface area (Å²) in [6.45, 7) is 3.31. The predicted octanol–water partition coefficient (Wildman–Crippen LogP) is -0.0670. The molecular weight excluding hydrogens is 332 g/mol. The topological polar surface area (TPSA) is 75.4 Å². The summed E-state index contributed by atoms with van der Waals surface area (Å²) in [5.41, 5.74) is 2.22. The monoisotopic (exact) mass is 358 g/mol. The minimum absolute atomic E-state index is 0.181. The lowest BCUT2D eigenvalue weighted by Gasteiger charge is -2.27. The Morgan fingerprint density at radius 2 is 2.08 bits per heavy atom. The second kappa shape index (κ2) is 6.81. The van der Waals surface area contributed by atoms with Crippen LogP contribution in [0.5, 0.6) is 0 Å². The van der Waals surface area contributed by atoms with E-state index >= 15 is 0 Å². The number of nitrogens with zero attached hydrogens (tertiary/aromatic N) is 8. The molecular formula is C17H26N8O. The van der Waals surface area contributed by atoms with Crippen molar-refractivity contribution >= 4 is 11.8 Å². The molecule has 1 saturated heterocycles. The minimum atomic E-state index is 0.181. The van der Waals surface area contributed by atoms with Crippen molar-refractivity contribution < 1.29 is 4.74 Å². The molecule has 140 valence electrons. The third-order valence-electron chi connectivity index (χ3n) is 5.42. The average molecular weight is 358 g/mol. The standard InChI is InChI=1S/C17H26N8O/c1-22(2)14-10-25(11-15(14)26-4)16-5-7-18-17(19-16)24-8-6-13-12(9-24)20-21-23(13)3/h5,7,14-15H,6,8-11H2,1-4H3/t14-,15+/m0/s1. The SMILES string of the molecule is CO[C@@H]1CN(c2ccnc(N3CCc4c(nnn4C)C3)n2)C[C@@H]1N(C)C. The van der Waals surface area contributed by atoms with Gasteiger partial charge in [0.05, 0.1) is 24.4 Å². The number of aromatic nitrogens is 5. The van der Waals surface area contributed by atoms with Crippen LogP contribution >= 0.6 is 0 Å². The van der Waals surface area contributed by atoms with E-state index < -0.39 is 0 Å². The summed E-state index contributed by atoms with van der Waals surface area (Å²) in [6.07, 6.45) is 2.93. The van der Waals surface area contributed by atoms with E-state index in [4.69, 9.17) is 9.72 Å². The Bertz CT molecular complexity index is 776. The summed E-state index contributed by atoms with van der Waals surface area (Å²) in [5.74, 6) is 1.70. The van der Waals surface area contributed by atoms with Gasteiger partial charge in [-0.1, -0.05) is 5.21 Å². The van der Waals surface area contributed by atoms with E-state index in [2.05, 4.69) is 44.1 Å². The van der Waals surface area contributed by atoms with Gasteiger partial charge in [0.2, 0.25) is 5.95 Å². The molecule has 1 fully saturated rings. The highest BCUT2D eigenvalue weighted by Gasteiger charge is 2.35. The summed E-state index contributed by atoms with van der Waals surface area (Å²) in [7, 11) is 7.91. The molecule has 0 aromatic carbocycles. The number of anilines is 2. The maximum Gasteiger partial charge on any atom is 0.227 e. The first-order chi connectivity index (χ1) is 12.6. The fourth-order valence-corrected chi connectivity index (χ4v) is 3.86. The quantitative estimate of drug-likeness (QED) is 0.752. The van der Waals surface area contributed by atoms with Gasteiger partial charge in [0.25, 0.3) is 0 Å². The molecule has 9 nitrogen and oxygen atoms in total. The molecule has 0 unspecified atom stereocenters. The molecule has 2 aromatic heterocycles. The molecule has 4 heterocycles. The largest absolute Gasteiger partial charge is 0.378 e. The summed E-state index contributed by atoms with van der Waals surface area (Å²) in [4.78, 5) is 16.0. The van der Waals surface area contributed by atoms with Crippen molar-refractivity contribution in [2.24, 2.45) is 7.05 Å². The Balaban J connectivity index is 1.53. The molecule has 0 saturated carbocycles. The molecule has 2 atom stereocenters. The highest BCUT2D eigenvalue weighted by Crippen LogP contribution is 2.25. The molecule has 0 amide bonds. The van der Waals surface area contributed by atoms with Crippen LogP contribution in [0, 0.1) is 0 Å². The second-order valence-corrected chi connectivity index (χ2v) is 7.20. The summed E-state index contributed by atoms with van der Waals surface area (Å²) < 4.78 is 7.53. The van der Waals surface area contributed by atoms with Gasteiger partial charge in [-0.15, -0.1) is 5.10 Å². The lowest BCUT2D eigenvalue weighted by Crippen LogP contribution is -2.39. The van der Waals surface area contributed by atoms with E-state index in [0.29, 0.717) is 12.6 Å². The van der Waals surface area contributed by atoms with Crippen molar-refractivity contribution in [1.82, 2.24) is 29.9 Å². The lowest BCUT2D eigenvalue weighted by molar-refractivity contribution is 0.0639.